The lowest BCUT2D eigenvalue weighted by Gasteiger charge is -2.22. The van der Waals surface area contributed by atoms with Gasteiger partial charge in [0.2, 0.25) is 0 Å². The summed E-state index contributed by atoms with van der Waals surface area (Å²) < 4.78 is 10.3. The highest BCUT2D eigenvalue weighted by molar-refractivity contribution is 6.32. The molecule has 1 rings (SSSR count). The SMILES string of the molecule is CCOC(=O)CCN(CCCO)C(=O)COc1ccccc1Cl. The number of nitrogens with zero attached hydrogens (tertiary/aromatic N) is 1. The molecule has 0 aliphatic rings. The zero-order valence-corrected chi connectivity index (χ0v) is 13.9. The standard InChI is InChI=1S/C16H22ClNO5/c1-2-22-16(21)8-10-18(9-5-11-19)15(20)12-23-14-7-4-3-6-13(14)17/h3-4,6-7,19H,2,5,8-12H2,1H3. The second kappa shape index (κ2) is 10.9. The predicted molar refractivity (Wildman–Crippen MR) is 86.5 cm³/mol. The van der Waals surface area contributed by atoms with Crippen molar-refractivity contribution in [3.8, 4) is 5.75 Å². The topological polar surface area (TPSA) is 76.1 Å². The molecule has 0 saturated carbocycles. The molecule has 6 nitrogen and oxygen atoms in total. The first-order valence-electron chi connectivity index (χ1n) is 7.50. The zero-order chi connectivity index (χ0) is 17.1. The molecule has 1 aromatic rings. The molecule has 0 heterocycles. The van der Waals surface area contributed by atoms with Gasteiger partial charge in [0.25, 0.3) is 5.91 Å². The van der Waals surface area contributed by atoms with Crippen LogP contribution in [0.3, 0.4) is 0 Å². The molecule has 0 radical (unpaired) electrons. The molecule has 0 spiro atoms. The van der Waals surface area contributed by atoms with Crippen LogP contribution in [-0.4, -0.2) is 54.8 Å². The van der Waals surface area contributed by atoms with Gasteiger partial charge < -0.3 is 19.5 Å². The van der Waals surface area contributed by atoms with Crippen LogP contribution in [0, 0.1) is 0 Å². The van der Waals surface area contributed by atoms with Crippen molar-refractivity contribution in [1.29, 1.82) is 0 Å². The van der Waals surface area contributed by atoms with E-state index in [2.05, 4.69) is 0 Å². The number of rotatable bonds is 10. The highest BCUT2D eigenvalue weighted by atomic mass is 35.5. The van der Waals surface area contributed by atoms with E-state index in [9.17, 15) is 9.59 Å². The van der Waals surface area contributed by atoms with Gasteiger partial charge in [0, 0.05) is 19.7 Å². The number of ether oxygens (including phenoxy) is 2. The molecule has 7 heteroatoms. The van der Waals surface area contributed by atoms with E-state index in [1.165, 1.54) is 4.90 Å². The smallest absolute Gasteiger partial charge is 0.307 e. The van der Waals surface area contributed by atoms with Gasteiger partial charge in [0.1, 0.15) is 5.75 Å². The van der Waals surface area contributed by atoms with E-state index in [0.717, 1.165) is 0 Å². The lowest BCUT2D eigenvalue weighted by Crippen LogP contribution is -2.37. The van der Waals surface area contributed by atoms with Gasteiger partial charge in [-0.2, -0.15) is 0 Å². The normalized spacial score (nSPS) is 10.2. The van der Waals surface area contributed by atoms with Crippen molar-refractivity contribution in [2.45, 2.75) is 19.8 Å². The van der Waals surface area contributed by atoms with E-state index >= 15 is 0 Å². The summed E-state index contributed by atoms with van der Waals surface area (Å²) in [6.07, 6.45) is 0.539. The van der Waals surface area contributed by atoms with Crippen molar-refractivity contribution >= 4 is 23.5 Å². The van der Waals surface area contributed by atoms with Gasteiger partial charge in [-0.05, 0) is 25.5 Å². The maximum atomic E-state index is 12.2. The second-order valence-electron chi connectivity index (χ2n) is 4.73. The average Bonchev–Trinajstić information content (AvgIpc) is 2.54. The summed E-state index contributed by atoms with van der Waals surface area (Å²) in [4.78, 5) is 25.1. The van der Waals surface area contributed by atoms with Crippen molar-refractivity contribution in [3.05, 3.63) is 29.3 Å². The Morgan fingerprint density at radius 3 is 2.65 bits per heavy atom. The fourth-order valence-corrected chi connectivity index (χ4v) is 2.07. The van der Waals surface area contributed by atoms with E-state index < -0.39 is 0 Å². The van der Waals surface area contributed by atoms with Crippen LogP contribution in [0.4, 0.5) is 0 Å². The highest BCUT2D eigenvalue weighted by Gasteiger charge is 2.16. The lowest BCUT2D eigenvalue weighted by molar-refractivity contribution is -0.144. The zero-order valence-electron chi connectivity index (χ0n) is 13.2. The average molecular weight is 344 g/mol. The Morgan fingerprint density at radius 1 is 1.26 bits per heavy atom. The number of hydrogen-bond donors (Lipinski definition) is 1. The third kappa shape index (κ3) is 7.34. The van der Waals surface area contributed by atoms with Crippen LogP contribution in [0.1, 0.15) is 19.8 Å². The molecule has 0 bridgehead atoms. The molecule has 1 aromatic carbocycles. The van der Waals surface area contributed by atoms with Crippen molar-refractivity contribution in [1.82, 2.24) is 4.90 Å². The quantitative estimate of drug-likeness (QED) is 0.656. The Kier molecular flexibility index (Phi) is 9.09. The molecule has 0 aromatic heterocycles. The first-order chi connectivity index (χ1) is 11.1. The minimum atomic E-state index is -0.360. The number of aliphatic hydroxyl groups is 1. The number of para-hydroxylation sites is 1. The van der Waals surface area contributed by atoms with Crippen molar-refractivity contribution in [2.75, 3.05) is 32.9 Å². The molecule has 0 aliphatic carbocycles. The highest BCUT2D eigenvalue weighted by Crippen LogP contribution is 2.22. The lowest BCUT2D eigenvalue weighted by atomic mass is 10.3. The van der Waals surface area contributed by atoms with Gasteiger partial charge in [-0.3, -0.25) is 9.59 Å². The van der Waals surface area contributed by atoms with Crippen LogP contribution in [0.5, 0.6) is 5.75 Å². The fraction of sp³-hybridized carbons (Fsp3) is 0.500. The predicted octanol–water partition coefficient (Wildman–Crippen LogP) is 1.88. The van der Waals surface area contributed by atoms with E-state index in [1.54, 1.807) is 31.2 Å². The Balaban J connectivity index is 2.53. The van der Waals surface area contributed by atoms with Crippen LogP contribution >= 0.6 is 11.6 Å². The maximum Gasteiger partial charge on any atom is 0.307 e. The first kappa shape index (κ1) is 19.3. The van der Waals surface area contributed by atoms with E-state index in [0.29, 0.717) is 30.3 Å². The van der Waals surface area contributed by atoms with E-state index in [-0.39, 0.29) is 38.1 Å². The summed E-state index contributed by atoms with van der Waals surface area (Å²) in [7, 11) is 0. The van der Waals surface area contributed by atoms with Crippen LogP contribution < -0.4 is 4.74 Å². The second-order valence-corrected chi connectivity index (χ2v) is 5.14. The number of amides is 1. The van der Waals surface area contributed by atoms with Gasteiger partial charge >= 0.3 is 5.97 Å². The molecule has 0 fully saturated rings. The summed E-state index contributed by atoms with van der Waals surface area (Å²) in [5, 5.41) is 9.35. The minimum Gasteiger partial charge on any atom is -0.482 e. The van der Waals surface area contributed by atoms with Crippen LogP contribution in [0.25, 0.3) is 0 Å². The number of hydrogen-bond acceptors (Lipinski definition) is 5. The third-order valence-electron chi connectivity index (χ3n) is 3.02. The largest absolute Gasteiger partial charge is 0.482 e. The summed E-state index contributed by atoms with van der Waals surface area (Å²) in [5.74, 6) is -0.209. The fourth-order valence-electron chi connectivity index (χ4n) is 1.87. The van der Waals surface area contributed by atoms with Gasteiger partial charge in [0.05, 0.1) is 18.1 Å². The number of halogens is 1. The van der Waals surface area contributed by atoms with Gasteiger partial charge in [-0.1, -0.05) is 23.7 Å². The summed E-state index contributed by atoms with van der Waals surface area (Å²) >= 11 is 5.96. The van der Waals surface area contributed by atoms with Crippen molar-refractivity contribution in [2.24, 2.45) is 0 Å². The molecule has 1 amide bonds. The Labute approximate surface area is 140 Å². The molecule has 23 heavy (non-hydrogen) atoms. The van der Waals surface area contributed by atoms with Crippen molar-refractivity contribution in [3.63, 3.8) is 0 Å². The summed E-state index contributed by atoms with van der Waals surface area (Å²) in [6.45, 7) is 2.39. The Bertz CT molecular complexity index is 509. The van der Waals surface area contributed by atoms with Gasteiger partial charge in [0.15, 0.2) is 6.61 Å². The molecule has 0 aliphatic heterocycles. The third-order valence-corrected chi connectivity index (χ3v) is 3.33. The number of carbonyl (C=O) groups is 2. The van der Waals surface area contributed by atoms with Gasteiger partial charge in [-0.15, -0.1) is 0 Å². The number of aliphatic hydroxyl groups excluding tert-OH is 1. The molecule has 0 saturated heterocycles. The Morgan fingerprint density at radius 2 is 2.00 bits per heavy atom. The molecule has 128 valence electrons. The number of benzene rings is 1. The molecule has 0 atom stereocenters. The van der Waals surface area contributed by atoms with Crippen LogP contribution in [-0.2, 0) is 14.3 Å². The number of carbonyl (C=O) groups excluding carboxylic acids is 2. The molecular weight excluding hydrogens is 322 g/mol. The minimum absolute atomic E-state index is 0.0332. The molecule has 0 unspecified atom stereocenters. The van der Waals surface area contributed by atoms with Crippen molar-refractivity contribution < 1.29 is 24.2 Å². The van der Waals surface area contributed by atoms with Crippen LogP contribution in [0.2, 0.25) is 5.02 Å². The van der Waals surface area contributed by atoms with E-state index in [1.807, 2.05) is 0 Å². The summed E-state index contributed by atoms with van der Waals surface area (Å²) in [5.41, 5.74) is 0. The van der Waals surface area contributed by atoms with Gasteiger partial charge in [-0.25, -0.2) is 0 Å². The van der Waals surface area contributed by atoms with Crippen LogP contribution in [0.15, 0.2) is 24.3 Å². The van der Waals surface area contributed by atoms with E-state index in [4.69, 9.17) is 26.2 Å². The maximum absolute atomic E-state index is 12.2. The first-order valence-corrected chi connectivity index (χ1v) is 7.87. The molecular formula is C16H22ClNO5. The number of esters is 1. The monoisotopic (exact) mass is 343 g/mol. The molecule has 1 N–H and O–H groups in total. The summed E-state index contributed by atoms with van der Waals surface area (Å²) in [6, 6.07) is 6.87. The Hall–Kier alpha value is -1.79.